The van der Waals surface area contributed by atoms with E-state index in [1.54, 1.807) is 6.07 Å². The molecule has 0 saturated heterocycles. The van der Waals surface area contributed by atoms with Crippen LogP contribution in [0.2, 0.25) is 0 Å². The molecule has 3 N–H and O–H groups in total. The van der Waals surface area contributed by atoms with Crippen molar-refractivity contribution >= 4 is 21.8 Å². The van der Waals surface area contributed by atoms with Crippen molar-refractivity contribution in [3.63, 3.8) is 0 Å². The van der Waals surface area contributed by atoms with Gasteiger partial charge in [-0.25, -0.2) is 0 Å². The average Bonchev–Trinajstić information content (AvgIpc) is 2.28. The molecule has 0 aromatic heterocycles. The molecule has 0 aliphatic rings. The minimum absolute atomic E-state index is 0.0708. The smallest absolute Gasteiger partial charge is 0.128 e. The summed E-state index contributed by atoms with van der Waals surface area (Å²) in [6.45, 7) is 1.91. The van der Waals surface area contributed by atoms with Crippen molar-refractivity contribution in [3.8, 4) is 11.5 Å². The maximum Gasteiger partial charge on any atom is 0.128 e. The third-order valence-corrected chi connectivity index (χ3v) is 3.01. The van der Waals surface area contributed by atoms with Crippen LogP contribution in [0.4, 0.5) is 0 Å². The van der Waals surface area contributed by atoms with E-state index in [1.165, 1.54) is 0 Å². The normalized spacial score (nSPS) is 10.1. The summed E-state index contributed by atoms with van der Waals surface area (Å²) in [6, 6.07) is 13.1. The first-order valence-electron chi connectivity index (χ1n) is 5.45. The minimum atomic E-state index is 0.0708. The van der Waals surface area contributed by atoms with E-state index >= 15 is 0 Å². The lowest BCUT2D eigenvalue weighted by molar-refractivity contribution is 0.482. The van der Waals surface area contributed by atoms with E-state index in [0.717, 1.165) is 27.1 Å². The first-order chi connectivity index (χ1) is 8.56. The van der Waals surface area contributed by atoms with Crippen LogP contribution in [0.3, 0.4) is 0 Å². The molecule has 0 radical (unpaired) electrons. The number of hydrogen-bond donors (Lipinski definition) is 2. The lowest BCUT2D eigenvalue weighted by Crippen LogP contribution is -2.12. The number of aryl methyl sites for hydroxylation is 1. The molecule has 2 aromatic rings. The Morgan fingerprint density at radius 1 is 1.17 bits per heavy atom. The Morgan fingerprint density at radius 3 is 2.50 bits per heavy atom. The first-order valence-corrected chi connectivity index (χ1v) is 6.24. The fourth-order valence-corrected chi connectivity index (χ4v) is 2.05. The summed E-state index contributed by atoms with van der Waals surface area (Å²) < 4.78 is 6.70. The van der Waals surface area contributed by atoms with Crippen LogP contribution in [-0.2, 0) is 0 Å². The van der Waals surface area contributed by atoms with E-state index in [2.05, 4.69) is 15.9 Å². The summed E-state index contributed by atoms with van der Waals surface area (Å²) in [5.74, 6) is 1.57. The standard InChI is InChI=1S/C14H13BrN2O/c1-9-7-12(5-6-13(9)14(16)17)18-11-4-2-3-10(15)8-11/h2-8H,1H3,(H3,16,17). The highest BCUT2D eigenvalue weighted by molar-refractivity contribution is 9.10. The maximum absolute atomic E-state index is 7.43. The van der Waals surface area contributed by atoms with Gasteiger partial charge in [-0.05, 0) is 48.9 Å². The summed E-state index contributed by atoms with van der Waals surface area (Å²) in [4.78, 5) is 0. The van der Waals surface area contributed by atoms with Crippen LogP contribution < -0.4 is 10.5 Å². The number of halogens is 1. The Balaban J connectivity index is 2.25. The van der Waals surface area contributed by atoms with Gasteiger partial charge in [-0.1, -0.05) is 22.0 Å². The minimum Gasteiger partial charge on any atom is -0.457 e. The molecule has 0 aliphatic heterocycles. The lowest BCUT2D eigenvalue weighted by atomic mass is 10.1. The molecule has 4 heteroatoms. The molecular formula is C14H13BrN2O. The van der Waals surface area contributed by atoms with Crippen molar-refractivity contribution < 1.29 is 4.74 Å². The number of hydrogen-bond acceptors (Lipinski definition) is 2. The molecule has 0 bridgehead atoms. The number of nitrogens with two attached hydrogens (primary N) is 1. The van der Waals surface area contributed by atoms with Crippen molar-refractivity contribution in [1.29, 1.82) is 5.41 Å². The SMILES string of the molecule is Cc1cc(Oc2cccc(Br)c2)ccc1C(=N)N. The summed E-state index contributed by atoms with van der Waals surface area (Å²) in [5.41, 5.74) is 7.13. The number of nitrogen functional groups attached to an aromatic ring is 1. The third kappa shape index (κ3) is 2.90. The highest BCUT2D eigenvalue weighted by atomic mass is 79.9. The van der Waals surface area contributed by atoms with E-state index in [0.29, 0.717) is 0 Å². The van der Waals surface area contributed by atoms with Crippen LogP contribution in [0.1, 0.15) is 11.1 Å². The largest absolute Gasteiger partial charge is 0.457 e. The molecule has 0 aliphatic carbocycles. The molecule has 0 atom stereocenters. The van der Waals surface area contributed by atoms with Gasteiger partial charge in [0.2, 0.25) is 0 Å². The second kappa shape index (κ2) is 5.23. The van der Waals surface area contributed by atoms with Crippen LogP contribution in [0.25, 0.3) is 0 Å². The predicted molar refractivity (Wildman–Crippen MR) is 76.4 cm³/mol. The Morgan fingerprint density at radius 2 is 1.89 bits per heavy atom. The first kappa shape index (κ1) is 12.6. The van der Waals surface area contributed by atoms with Gasteiger partial charge in [-0.15, -0.1) is 0 Å². The molecule has 18 heavy (non-hydrogen) atoms. The monoisotopic (exact) mass is 304 g/mol. The Kier molecular flexibility index (Phi) is 3.67. The van der Waals surface area contributed by atoms with E-state index in [1.807, 2.05) is 43.3 Å². The highest BCUT2D eigenvalue weighted by Gasteiger charge is 2.04. The molecule has 0 fully saturated rings. The summed E-state index contributed by atoms with van der Waals surface area (Å²) in [7, 11) is 0. The number of nitrogens with one attached hydrogen (secondary N) is 1. The zero-order chi connectivity index (χ0) is 13.1. The molecule has 3 nitrogen and oxygen atoms in total. The Bertz CT molecular complexity index is 596. The Hall–Kier alpha value is -1.81. The fraction of sp³-hybridized carbons (Fsp3) is 0.0714. The number of amidine groups is 1. The fourth-order valence-electron chi connectivity index (χ4n) is 1.67. The summed E-state index contributed by atoms with van der Waals surface area (Å²) >= 11 is 3.40. The molecule has 0 heterocycles. The molecule has 0 amide bonds. The van der Waals surface area contributed by atoms with Gasteiger partial charge in [0.15, 0.2) is 0 Å². The van der Waals surface area contributed by atoms with Crippen LogP contribution in [0, 0.1) is 12.3 Å². The summed E-state index contributed by atoms with van der Waals surface area (Å²) in [5, 5.41) is 7.43. The number of ether oxygens (including phenoxy) is 1. The van der Waals surface area contributed by atoms with Crippen molar-refractivity contribution in [2.24, 2.45) is 5.73 Å². The molecular weight excluding hydrogens is 292 g/mol. The second-order valence-electron chi connectivity index (χ2n) is 3.95. The van der Waals surface area contributed by atoms with Gasteiger partial charge in [-0.2, -0.15) is 0 Å². The van der Waals surface area contributed by atoms with E-state index in [9.17, 15) is 0 Å². The highest BCUT2D eigenvalue weighted by Crippen LogP contribution is 2.25. The van der Waals surface area contributed by atoms with Gasteiger partial charge in [0, 0.05) is 10.0 Å². The van der Waals surface area contributed by atoms with Gasteiger partial charge < -0.3 is 10.5 Å². The number of rotatable bonds is 3. The second-order valence-corrected chi connectivity index (χ2v) is 4.87. The molecule has 2 aromatic carbocycles. The van der Waals surface area contributed by atoms with E-state index in [-0.39, 0.29) is 5.84 Å². The van der Waals surface area contributed by atoms with Crippen molar-refractivity contribution in [3.05, 3.63) is 58.1 Å². The summed E-state index contributed by atoms with van der Waals surface area (Å²) in [6.07, 6.45) is 0. The topological polar surface area (TPSA) is 59.1 Å². The van der Waals surface area contributed by atoms with Gasteiger partial charge in [0.25, 0.3) is 0 Å². The van der Waals surface area contributed by atoms with E-state index in [4.69, 9.17) is 15.9 Å². The van der Waals surface area contributed by atoms with Crippen LogP contribution in [0.15, 0.2) is 46.9 Å². The maximum atomic E-state index is 7.43. The average molecular weight is 305 g/mol. The molecule has 0 saturated carbocycles. The third-order valence-electron chi connectivity index (χ3n) is 2.52. The van der Waals surface area contributed by atoms with Gasteiger partial charge in [0.05, 0.1) is 0 Å². The zero-order valence-electron chi connectivity index (χ0n) is 9.91. The van der Waals surface area contributed by atoms with E-state index < -0.39 is 0 Å². The van der Waals surface area contributed by atoms with Crippen LogP contribution in [0.5, 0.6) is 11.5 Å². The molecule has 92 valence electrons. The molecule has 0 spiro atoms. The van der Waals surface area contributed by atoms with Gasteiger partial charge in [0.1, 0.15) is 17.3 Å². The van der Waals surface area contributed by atoms with Crippen molar-refractivity contribution in [1.82, 2.24) is 0 Å². The van der Waals surface area contributed by atoms with Crippen molar-refractivity contribution in [2.45, 2.75) is 6.92 Å². The lowest BCUT2D eigenvalue weighted by Gasteiger charge is -2.09. The number of benzene rings is 2. The zero-order valence-corrected chi connectivity index (χ0v) is 11.5. The van der Waals surface area contributed by atoms with Crippen LogP contribution >= 0.6 is 15.9 Å². The van der Waals surface area contributed by atoms with Gasteiger partial charge in [-0.3, -0.25) is 5.41 Å². The quantitative estimate of drug-likeness (QED) is 0.668. The molecule has 2 rings (SSSR count). The predicted octanol–water partition coefficient (Wildman–Crippen LogP) is 3.83. The molecule has 0 unspecified atom stereocenters. The van der Waals surface area contributed by atoms with Gasteiger partial charge >= 0.3 is 0 Å². The van der Waals surface area contributed by atoms with Crippen molar-refractivity contribution in [2.75, 3.05) is 0 Å². The van der Waals surface area contributed by atoms with Crippen LogP contribution in [-0.4, -0.2) is 5.84 Å². The Labute approximate surface area is 114 Å².